The first-order chi connectivity index (χ1) is 11.6. The van der Waals surface area contributed by atoms with E-state index in [0.717, 1.165) is 12.0 Å². The van der Waals surface area contributed by atoms with Crippen molar-refractivity contribution in [2.75, 3.05) is 5.32 Å². The van der Waals surface area contributed by atoms with Gasteiger partial charge in [-0.2, -0.15) is 0 Å². The summed E-state index contributed by atoms with van der Waals surface area (Å²) in [5.74, 6) is 0.318. The second kappa shape index (κ2) is 6.87. The molecule has 0 saturated heterocycles. The topological polar surface area (TPSA) is 58.2 Å². The van der Waals surface area contributed by atoms with Crippen molar-refractivity contribution in [2.24, 2.45) is 11.8 Å². The lowest BCUT2D eigenvalue weighted by molar-refractivity contribution is -0.117. The van der Waals surface area contributed by atoms with Gasteiger partial charge in [0.1, 0.15) is 0 Å². The SMILES string of the molecule is C[C@H](NC(=O)c1ccccc1NC(=O)[C@@H]1C[C@H]1C)c1ccccc1. The molecule has 0 unspecified atom stereocenters. The monoisotopic (exact) mass is 322 g/mol. The van der Waals surface area contributed by atoms with Gasteiger partial charge in [-0.25, -0.2) is 0 Å². The van der Waals surface area contributed by atoms with Gasteiger partial charge in [-0.05, 0) is 37.0 Å². The third kappa shape index (κ3) is 3.65. The van der Waals surface area contributed by atoms with Gasteiger partial charge in [0.05, 0.1) is 17.3 Å². The Morgan fingerprint density at radius 2 is 1.67 bits per heavy atom. The molecule has 1 aliphatic carbocycles. The van der Waals surface area contributed by atoms with Crippen molar-refractivity contribution >= 4 is 17.5 Å². The second-order valence-corrected chi connectivity index (χ2v) is 6.46. The van der Waals surface area contributed by atoms with Gasteiger partial charge in [0, 0.05) is 5.92 Å². The van der Waals surface area contributed by atoms with Crippen LogP contribution in [-0.2, 0) is 4.79 Å². The molecule has 124 valence electrons. The molecule has 2 aromatic carbocycles. The zero-order chi connectivity index (χ0) is 17.1. The first-order valence-corrected chi connectivity index (χ1v) is 8.32. The molecule has 1 fully saturated rings. The summed E-state index contributed by atoms with van der Waals surface area (Å²) < 4.78 is 0. The van der Waals surface area contributed by atoms with Crippen LogP contribution in [0.15, 0.2) is 54.6 Å². The predicted molar refractivity (Wildman–Crippen MR) is 94.7 cm³/mol. The van der Waals surface area contributed by atoms with Gasteiger partial charge in [0.15, 0.2) is 0 Å². The molecule has 2 amide bonds. The fraction of sp³-hybridized carbons (Fsp3) is 0.300. The Morgan fingerprint density at radius 1 is 1.04 bits per heavy atom. The average molecular weight is 322 g/mol. The van der Waals surface area contributed by atoms with E-state index >= 15 is 0 Å². The number of rotatable bonds is 5. The van der Waals surface area contributed by atoms with Gasteiger partial charge >= 0.3 is 0 Å². The minimum absolute atomic E-state index is 0.00106. The van der Waals surface area contributed by atoms with Crippen LogP contribution >= 0.6 is 0 Å². The number of hydrogen-bond acceptors (Lipinski definition) is 2. The zero-order valence-electron chi connectivity index (χ0n) is 14.0. The third-order valence-electron chi connectivity index (χ3n) is 4.52. The molecule has 3 atom stereocenters. The molecule has 0 radical (unpaired) electrons. The number of hydrogen-bond donors (Lipinski definition) is 2. The molecule has 1 aliphatic rings. The lowest BCUT2D eigenvalue weighted by Crippen LogP contribution is -2.28. The van der Waals surface area contributed by atoms with Crippen LogP contribution in [0.2, 0.25) is 0 Å². The van der Waals surface area contributed by atoms with E-state index in [2.05, 4.69) is 17.6 Å². The van der Waals surface area contributed by atoms with Crippen LogP contribution in [0.3, 0.4) is 0 Å². The molecule has 4 nitrogen and oxygen atoms in total. The normalized spacial score (nSPS) is 20.1. The van der Waals surface area contributed by atoms with Crippen molar-refractivity contribution in [3.8, 4) is 0 Å². The van der Waals surface area contributed by atoms with Gasteiger partial charge in [0.25, 0.3) is 5.91 Å². The van der Waals surface area contributed by atoms with Gasteiger partial charge in [-0.3, -0.25) is 9.59 Å². The van der Waals surface area contributed by atoms with Gasteiger partial charge in [0.2, 0.25) is 5.91 Å². The summed E-state index contributed by atoms with van der Waals surface area (Å²) in [5, 5.41) is 5.89. The van der Waals surface area contributed by atoms with Gasteiger partial charge in [-0.15, -0.1) is 0 Å². The molecule has 2 aromatic rings. The van der Waals surface area contributed by atoms with Crippen molar-refractivity contribution in [2.45, 2.75) is 26.3 Å². The fourth-order valence-electron chi connectivity index (χ4n) is 2.80. The minimum atomic E-state index is -0.189. The highest BCUT2D eigenvalue weighted by Gasteiger charge is 2.39. The fourth-order valence-corrected chi connectivity index (χ4v) is 2.80. The quantitative estimate of drug-likeness (QED) is 0.880. The molecule has 0 aliphatic heterocycles. The Kier molecular flexibility index (Phi) is 4.65. The highest BCUT2D eigenvalue weighted by Crippen LogP contribution is 2.38. The Balaban J connectivity index is 1.71. The Morgan fingerprint density at radius 3 is 2.33 bits per heavy atom. The molecule has 2 N–H and O–H groups in total. The van der Waals surface area contributed by atoms with Gasteiger partial charge < -0.3 is 10.6 Å². The summed E-state index contributed by atoms with van der Waals surface area (Å²) in [6.07, 6.45) is 0.922. The van der Waals surface area contributed by atoms with Crippen molar-refractivity contribution in [3.63, 3.8) is 0 Å². The number of benzene rings is 2. The van der Waals surface area contributed by atoms with Crippen LogP contribution in [0.25, 0.3) is 0 Å². The maximum absolute atomic E-state index is 12.6. The maximum Gasteiger partial charge on any atom is 0.253 e. The lowest BCUT2D eigenvalue weighted by atomic mass is 10.1. The summed E-state index contributed by atoms with van der Waals surface area (Å²) in [7, 11) is 0. The molecule has 3 rings (SSSR count). The largest absolute Gasteiger partial charge is 0.345 e. The number of para-hydroxylation sites is 1. The van der Waals surface area contributed by atoms with E-state index in [-0.39, 0.29) is 23.8 Å². The Labute approximate surface area is 142 Å². The van der Waals surface area contributed by atoms with Gasteiger partial charge in [-0.1, -0.05) is 49.4 Å². The minimum Gasteiger partial charge on any atom is -0.345 e. The van der Waals surface area contributed by atoms with Crippen LogP contribution in [0, 0.1) is 11.8 Å². The Hall–Kier alpha value is -2.62. The number of carbonyl (C=O) groups excluding carboxylic acids is 2. The van der Waals surface area contributed by atoms with Crippen molar-refractivity contribution in [1.29, 1.82) is 0 Å². The number of amides is 2. The van der Waals surface area contributed by atoms with E-state index in [0.29, 0.717) is 17.2 Å². The summed E-state index contributed by atoms with van der Waals surface area (Å²) >= 11 is 0. The van der Waals surface area contributed by atoms with E-state index in [4.69, 9.17) is 0 Å². The molecule has 24 heavy (non-hydrogen) atoms. The highest BCUT2D eigenvalue weighted by molar-refractivity contribution is 6.04. The first-order valence-electron chi connectivity index (χ1n) is 8.32. The molecule has 4 heteroatoms. The van der Waals surface area contributed by atoms with E-state index < -0.39 is 0 Å². The van der Waals surface area contributed by atoms with Crippen LogP contribution in [0.5, 0.6) is 0 Å². The molecule has 0 aromatic heterocycles. The number of carbonyl (C=O) groups is 2. The maximum atomic E-state index is 12.6. The van der Waals surface area contributed by atoms with E-state index in [1.807, 2.05) is 43.3 Å². The molecule has 0 bridgehead atoms. The zero-order valence-corrected chi connectivity index (χ0v) is 14.0. The van der Waals surface area contributed by atoms with E-state index in [1.165, 1.54) is 0 Å². The smallest absolute Gasteiger partial charge is 0.253 e. The summed E-state index contributed by atoms with van der Waals surface area (Å²) in [5.41, 5.74) is 2.10. The number of nitrogens with one attached hydrogen (secondary N) is 2. The summed E-state index contributed by atoms with van der Waals surface area (Å²) in [6, 6.07) is 16.8. The van der Waals surface area contributed by atoms with Crippen LogP contribution in [0.1, 0.15) is 42.2 Å². The predicted octanol–water partition coefficient (Wildman–Crippen LogP) is 3.77. The molecule has 0 heterocycles. The molecule has 0 spiro atoms. The van der Waals surface area contributed by atoms with Crippen molar-refractivity contribution < 1.29 is 9.59 Å². The lowest BCUT2D eigenvalue weighted by Gasteiger charge is -2.16. The molecular formula is C20H22N2O2. The molecular weight excluding hydrogens is 300 g/mol. The number of anilines is 1. The van der Waals surface area contributed by atoms with Crippen molar-refractivity contribution in [3.05, 3.63) is 65.7 Å². The first kappa shape index (κ1) is 16.2. The summed E-state index contributed by atoms with van der Waals surface area (Å²) in [6.45, 7) is 4.00. The summed E-state index contributed by atoms with van der Waals surface area (Å²) in [4.78, 5) is 24.8. The Bertz CT molecular complexity index is 742. The molecule has 1 saturated carbocycles. The van der Waals surface area contributed by atoms with Crippen LogP contribution < -0.4 is 10.6 Å². The standard InChI is InChI=1S/C20H22N2O2/c1-13-12-17(13)20(24)22-18-11-7-6-10-16(18)19(23)21-14(2)15-8-4-3-5-9-15/h3-11,13-14,17H,12H2,1-2H3,(H,21,23)(H,22,24)/t13-,14+,17-/m1/s1. The third-order valence-corrected chi connectivity index (χ3v) is 4.52. The van der Waals surface area contributed by atoms with E-state index in [1.54, 1.807) is 18.2 Å². The van der Waals surface area contributed by atoms with Crippen molar-refractivity contribution in [1.82, 2.24) is 5.32 Å². The second-order valence-electron chi connectivity index (χ2n) is 6.46. The van der Waals surface area contributed by atoms with E-state index in [9.17, 15) is 9.59 Å². The highest BCUT2D eigenvalue weighted by atomic mass is 16.2. The van der Waals surface area contributed by atoms with Crippen LogP contribution in [0.4, 0.5) is 5.69 Å². The average Bonchev–Trinajstić information content (AvgIpc) is 3.33. The van der Waals surface area contributed by atoms with Crippen LogP contribution in [-0.4, -0.2) is 11.8 Å².